The largest absolute Gasteiger partial charge is 0.349 e. The number of hydrogen-bond acceptors (Lipinski definition) is 1. The van der Waals surface area contributed by atoms with Crippen molar-refractivity contribution in [3.8, 4) is 0 Å². The van der Waals surface area contributed by atoms with E-state index in [9.17, 15) is 4.79 Å². The van der Waals surface area contributed by atoms with Crippen LogP contribution in [0.4, 0.5) is 0 Å². The summed E-state index contributed by atoms with van der Waals surface area (Å²) in [6.45, 7) is 10.5. The minimum atomic E-state index is -0.134. The third kappa shape index (κ3) is 5.28. The van der Waals surface area contributed by atoms with Crippen LogP contribution in [-0.2, 0) is 11.2 Å². The highest BCUT2D eigenvalue weighted by Gasteiger charge is 2.20. The summed E-state index contributed by atoms with van der Waals surface area (Å²) in [5.41, 5.74) is 2.50. The van der Waals surface area contributed by atoms with Gasteiger partial charge < -0.3 is 5.32 Å². The van der Waals surface area contributed by atoms with E-state index in [1.807, 2.05) is 20.8 Å². The van der Waals surface area contributed by atoms with Crippen LogP contribution in [0.2, 0.25) is 0 Å². The van der Waals surface area contributed by atoms with Crippen molar-refractivity contribution in [3.05, 3.63) is 35.4 Å². The molecule has 0 fully saturated rings. The van der Waals surface area contributed by atoms with E-state index in [2.05, 4.69) is 59.4 Å². The van der Waals surface area contributed by atoms with Crippen molar-refractivity contribution in [1.29, 1.82) is 0 Å². The molecule has 1 aromatic rings. The van der Waals surface area contributed by atoms with Crippen LogP contribution in [0.3, 0.4) is 0 Å². The Bertz CT molecular complexity index is 425. The van der Waals surface area contributed by atoms with E-state index >= 15 is 0 Å². The van der Waals surface area contributed by atoms with Gasteiger partial charge in [-0.15, -0.1) is 0 Å². The first-order valence-corrected chi connectivity index (χ1v) is 8.26. The lowest BCUT2D eigenvalue weighted by molar-refractivity contribution is -0.121. The predicted octanol–water partition coefficient (Wildman–Crippen LogP) is 4.48. The Morgan fingerprint density at radius 1 is 1.10 bits per heavy atom. The lowest BCUT2D eigenvalue weighted by Crippen LogP contribution is -2.35. The Balaban J connectivity index is 2.63. The monoisotopic (exact) mass is 339 g/mol. The molecule has 3 heteroatoms. The highest BCUT2D eigenvalue weighted by molar-refractivity contribution is 9.10. The molecule has 0 heterocycles. The molecule has 2 nitrogen and oxygen atoms in total. The van der Waals surface area contributed by atoms with Crippen LogP contribution in [-0.4, -0.2) is 10.7 Å². The van der Waals surface area contributed by atoms with E-state index in [-0.39, 0.29) is 22.7 Å². The van der Waals surface area contributed by atoms with Crippen molar-refractivity contribution >= 4 is 21.8 Å². The summed E-state index contributed by atoms with van der Waals surface area (Å²) in [5.74, 6) is 1.01. The van der Waals surface area contributed by atoms with E-state index in [0.29, 0.717) is 5.92 Å². The van der Waals surface area contributed by atoms with E-state index in [0.717, 1.165) is 12.0 Å². The molecule has 112 valence electrons. The number of halogens is 1. The molecule has 1 N–H and O–H groups in total. The van der Waals surface area contributed by atoms with Gasteiger partial charge in [-0.2, -0.15) is 0 Å². The number of amides is 1. The molecule has 2 atom stereocenters. The summed E-state index contributed by atoms with van der Waals surface area (Å²) < 4.78 is 0. The van der Waals surface area contributed by atoms with Crippen LogP contribution in [0, 0.1) is 11.8 Å². The molecule has 0 spiro atoms. The summed E-state index contributed by atoms with van der Waals surface area (Å²) in [7, 11) is 0. The average Bonchev–Trinajstić information content (AvgIpc) is 2.37. The predicted molar refractivity (Wildman–Crippen MR) is 89.1 cm³/mol. The summed E-state index contributed by atoms with van der Waals surface area (Å²) in [5, 5.41) is 3.05. The lowest BCUT2D eigenvalue weighted by atomic mass is 10.00. The standard InChI is InChI=1S/C17H26BrNO/c1-11(2)10-14-6-8-15(9-7-14)13(5)19-17(20)16(18)12(3)4/h6-9,11-13,16H,10H2,1-5H3,(H,19,20). The molecule has 0 radical (unpaired) electrons. The minimum Gasteiger partial charge on any atom is -0.349 e. The molecule has 0 aliphatic heterocycles. The Morgan fingerprint density at radius 3 is 2.10 bits per heavy atom. The third-order valence-electron chi connectivity index (χ3n) is 3.32. The van der Waals surface area contributed by atoms with Crippen LogP contribution < -0.4 is 5.32 Å². The fourth-order valence-electron chi connectivity index (χ4n) is 2.09. The van der Waals surface area contributed by atoms with Gasteiger partial charge in [-0.25, -0.2) is 0 Å². The Kier molecular flexibility index (Phi) is 6.74. The first kappa shape index (κ1) is 17.2. The molecule has 20 heavy (non-hydrogen) atoms. The second-order valence-corrected chi connectivity index (χ2v) is 7.20. The maximum atomic E-state index is 12.0. The van der Waals surface area contributed by atoms with E-state index in [4.69, 9.17) is 0 Å². The smallest absolute Gasteiger partial charge is 0.234 e. The van der Waals surface area contributed by atoms with Crippen LogP contribution in [0.25, 0.3) is 0 Å². The van der Waals surface area contributed by atoms with Gasteiger partial charge in [0.2, 0.25) is 5.91 Å². The zero-order chi connectivity index (χ0) is 15.3. The third-order valence-corrected chi connectivity index (χ3v) is 4.79. The van der Waals surface area contributed by atoms with Crippen molar-refractivity contribution in [1.82, 2.24) is 5.32 Å². The SMILES string of the molecule is CC(C)Cc1ccc(C(C)NC(=O)C(Br)C(C)C)cc1. The fourth-order valence-corrected chi connectivity index (χ4v) is 2.23. The number of rotatable bonds is 6. The number of carbonyl (C=O) groups is 1. The van der Waals surface area contributed by atoms with Gasteiger partial charge in [0.25, 0.3) is 0 Å². The number of carbonyl (C=O) groups excluding carboxylic acids is 1. The fraction of sp³-hybridized carbons (Fsp3) is 0.588. The normalized spacial score (nSPS) is 14.4. The number of nitrogens with one attached hydrogen (secondary N) is 1. The zero-order valence-corrected chi connectivity index (χ0v) is 14.7. The maximum Gasteiger partial charge on any atom is 0.234 e. The first-order chi connectivity index (χ1) is 9.31. The van der Waals surface area contributed by atoms with Gasteiger partial charge in [-0.05, 0) is 36.3 Å². The van der Waals surface area contributed by atoms with Crippen molar-refractivity contribution in [2.45, 2.75) is 51.9 Å². The topological polar surface area (TPSA) is 29.1 Å². The molecule has 1 amide bonds. The zero-order valence-electron chi connectivity index (χ0n) is 13.1. The summed E-state index contributed by atoms with van der Waals surface area (Å²) in [6, 6.07) is 8.58. The van der Waals surface area contributed by atoms with Crippen LogP contribution >= 0.6 is 15.9 Å². The maximum absolute atomic E-state index is 12.0. The summed E-state index contributed by atoms with van der Waals surface area (Å²) >= 11 is 3.44. The van der Waals surface area contributed by atoms with Crippen molar-refractivity contribution < 1.29 is 4.79 Å². The molecule has 0 aliphatic carbocycles. The molecule has 0 bridgehead atoms. The van der Waals surface area contributed by atoms with Crippen LogP contribution in [0.5, 0.6) is 0 Å². The molecular formula is C17H26BrNO. The Hall–Kier alpha value is -0.830. The van der Waals surface area contributed by atoms with Crippen molar-refractivity contribution in [3.63, 3.8) is 0 Å². The van der Waals surface area contributed by atoms with Gasteiger partial charge >= 0.3 is 0 Å². The molecule has 0 aromatic heterocycles. The Morgan fingerprint density at radius 2 is 1.65 bits per heavy atom. The van der Waals surface area contributed by atoms with Gasteiger partial charge in [0.15, 0.2) is 0 Å². The van der Waals surface area contributed by atoms with E-state index < -0.39 is 0 Å². The van der Waals surface area contributed by atoms with E-state index in [1.165, 1.54) is 5.56 Å². The Labute approximate surface area is 131 Å². The number of benzene rings is 1. The van der Waals surface area contributed by atoms with Crippen molar-refractivity contribution in [2.75, 3.05) is 0 Å². The van der Waals surface area contributed by atoms with Gasteiger partial charge in [0, 0.05) is 0 Å². The number of hydrogen-bond donors (Lipinski definition) is 1. The molecule has 2 unspecified atom stereocenters. The highest BCUT2D eigenvalue weighted by Crippen LogP contribution is 2.18. The van der Waals surface area contributed by atoms with Gasteiger partial charge in [-0.1, -0.05) is 67.9 Å². The summed E-state index contributed by atoms with van der Waals surface area (Å²) in [4.78, 5) is 11.9. The van der Waals surface area contributed by atoms with Gasteiger partial charge in [0.1, 0.15) is 0 Å². The van der Waals surface area contributed by atoms with Gasteiger partial charge in [-0.3, -0.25) is 4.79 Å². The molecule has 1 rings (SSSR count). The number of alkyl halides is 1. The highest BCUT2D eigenvalue weighted by atomic mass is 79.9. The summed E-state index contributed by atoms with van der Waals surface area (Å²) in [6.07, 6.45) is 1.10. The average molecular weight is 340 g/mol. The van der Waals surface area contributed by atoms with Crippen LogP contribution in [0.1, 0.15) is 51.8 Å². The van der Waals surface area contributed by atoms with Gasteiger partial charge in [0.05, 0.1) is 10.9 Å². The molecular weight excluding hydrogens is 314 g/mol. The lowest BCUT2D eigenvalue weighted by Gasteiger charge is -2.19. The molecule has 0 saturated heterocycles. The second kappa shape index (κ2) is 7.82. The minimum absolute atomic E-state index is 0.0365. The first-order valence-electron chi connectivity index (χ1n) is 7.34. The molecule has 0 saturated carbocycles. The molecule has 1 aromatic carbocycles. The van der Waals surface area contributed by atoms with E-state index in [1.54, 1.807) is 0 Å². The van der Waals surface area contributed by atoms with Crippen molar-refractivity contribution in [2.24, 2.45) is 11.8 Å². The van der Waals surface area contributed by atoms with Crippen LogP contribution in [0.15, 0.2) is 24.3 Å². The second-order valence-electron chi connectivity index (χ2n) is 6.22. The molecule has 0 aliphatic rings. The quantitative estimate of drug-likeness (QED) is 0.760.